The smallest absolute Gasteiger partial charge is 0.342 e. The van der Waals surface area contributed by atoms with Gasteiger partial charge in [-0.1, -0.05) is 36.0 Å². The SMILES string of the molecule is COc1cc(C(=O)NCc2cc(Cl)cc(Cl)c2)ccc1Nc1ncc2c(n1)N(C1CCCC1)CC(F)(F)C(=O)N2C. The number of aromatic nitrogens is 2. The third-order valence-electron chi connectivity index (χ3n) is 7.22. The number of nitrogens with zero attached hydrogens (tertiary/aromatic N) is 4. The lowest BCUT2D eigenvalue weighted by molar-refractivity contribution is -0.140. The Morgan fingerprint density at radius 2 is 1.85 bits per heavy atom. The summed E-state index contributed by atoms with van der Waals surface area (Å²) in [5.41, 5.74) is 1.77. The van der Waals surface area contributed by atoms with E-state index in [-0.39, 0.29) is 35.9 Å². The van der Waals surface area contributed by atoms with Crippen molar-refractivity contribution in [3.8, 4) is 5.75 Å². The van der Waals surface area contributed by atoms with Crippen LogP contribution in [0.5, 0.6) is 5.75 Å². The van der Waals surface area contributed by atoms with E-state index in [1.54, 1.807) is 36.4 Å². The van der Waals surface area contributed by atoms with Crippen molar-refractivity contribution in [2.75, 3.05) is 35.8 Å². The van der Waals surface area contributed by atoms with Gasteiger partial charge in [0, 0.05) is 35.2 Å². The molecule has 2 aliphatic rings. The molecule has 0 atom stereocenters. The number of hydrogen-bond donors (Lipinski definition) is 2. The van der Waals surface area contributed by atoms with Crippen LogP contribution in [0.2, 0.25) is 10.0 Å². The minimum absolute atomic E-state index is 0.131. The minimum Gasteiger partial charge on any atom is -0.495 e. The van der Waals surface area contributed by atoms with Crippen LogP contribution in [0.25, 0.3) is 0 Å². The predicted octanol–water partition coefficient (Wildman–Crippen LogP) is 5.83. The van der Waals surface area contributed by atoms with E-state index < -0.39 is 18.4 Å². The highest BCUT2D eigenvalue weighted by molar-refractivity contribution is 6.34. The highest BCUT2D eigenvalue weighted by Gasteiger charge is 2.48. The molecule has 1 aliphatic heterocycles. The first-order chi connectivity index (χ1) is 19.6. The number of ether oxygens (including phenoxy) is 1. The Hall–Kier alpha value is -3.70. The maximum Gasteiger partial charge on any atom is 0.342 e. The third kappa shape index (κ3) is 6.15. The molecule has 9 nitrogen and oxygen atoms in total. The number of rotatable bonds is 7. The van der Waals surface area contributed by atoms with E-state index in [1.165, 1.54) is 25.3 Å². The normalized spacial score (nSPS) is 16.8. The Morgan fingerprint density at radius 1 is 1.15 bits per heavy atom. The maximum atomic E-state index is 14.9. The van der Waals surface area contributed by atoms with Gasteiger partial charge in [-0.15, -0.1) is 0 Å². The van der Waals surface area contributed by atoms with E-state index in [4.69, 9.17) is 27.9 Å². The second kappa shape index (κ2) is 11.7. The first-order valence-corrected chi connectivity index (χ1v) is 13.8. The summed E-state index contributed by atoms with van der Waals surface area (Å²) >= 11 is 12.1. The van der Waals surface area contributed by atoms with Gasteiger partial charge >= 0.3 is 5.92 Å². The second-order valence-corrected chi connectivity index (χ2v) is 10.9. The first kappa shape index (κ1) is 28.8. The quantitative estimate of drug-likeness (QED) is 0.350. The van der Waals surface area contributed by atoms with E-state index in [0.717, 1.165) is 36.1 Å². The number of amides is 2. The number of fused-ring (bicyclic) bond motifs is 1. The summed E-state index contributed by atoms with van der Waals surface area (Å²) in [4.78, 5) is 36.6. The van der Waals surface area contributed by atoms with E-state index >= 15 is 0 Å². The Bertz CT molecular complexity index is 1460. The van der Waals surface area contributed by atoms with Gasteiger partial charge in [0.15, 0.2) is 5.82 Å². The lowest BCUT2D eigenvalue weighted by Crippen LogP contribution is -2.48. The fourth-order valence-corrected chi connectivity index (χ4v) is 5.73. The lowest BCUT2D eigenvalue weighted by atomic mass is 10.1. The maximum absolute atomic E-state index is 14.9. The van der Waals surface area contributed by atoms with Gasteiger partial charge in [0.1, 0.15) is 11.4 Å². The van der Waals surface area contributed by atoms with Crippen LogP contribution in [-0.2, 0) is 11.3 Å². The van der Waals surface area contributed by atoms with Crippen LogP contribution in [0, 0.1) is 0 Å². The van der Waals surface area contributed by atoms with E-state index in [1.807, 2.05) is 0 Å². The number of methoxy groups -OCH3 is 1. The molecule has 0 spiro atoms. The molecule has 2 amide bonds. The third-order valence-corrected chi connectivity index (χ3v) is 7.66. The Kier molecular flexibility index (Phi) is 8.19. The van der Waals surface area contributed by atoms with Crippen molar-refractivity contribution in [3.63, 3.8) is 0 Å². The molecule has 13 heteroatoms. The van der Waals surface area contributed by atoms with Crippen molar-refractivity contribution < 1.29 is 23.1 Å². The number of carbonyl (C=O) groups is 2. The summed E-state index contributed by atoms with van der Waals surface area (Å²) in [5.74, 6) is -4.46. The molecular formula is C28H28Cl2F2N6O3. The summed E-state index contributed by atoms with van der Waals surface area (Å²) in [7, 11) is 2.76. The van der Waals surface area contributed by atoms with Crippen molar-refractivity contribution >= 4 is 58.2 Å². The molecule has 5 rings (SSSR count). The summed E-state index contributed by atoms with van der Waals surface area (Å²) in [6.45, 7) is -0.531. The predicted molar refractivity (Wildman–Crippen MR) is 154 cm³/mol. The largest absolute Gasteiger partial charge is 0.495 e. The van der Waals surface area contributed by atoms with E-state index in [2.05, 4.69) is 20.6 Å². The zero-order valence-corrected chi connectivity index (χ0v) is 23.9. The molecular weight excluding hydrogens is 577 g/mol. The van der Waals surface area contributed by atoms with Gasteiger partial charge in [0.2, 0.25) is 5.95 Å². The number of nitrogens with one attached hydrogen (secondary N) is 2. The van der Waals surface area contributed by atoms with Crippen LogP contribution < -0.4 is 25.2 Å². The number of halogens is 4. The fourth-order valence-electron chi connectivity index (χ4n) is 5.16. The van der Waals surface area contributed by atoms with Crippen LogP contribution in [-0.4, -0.2) is 54.4 Å². The minimum atomic E-state index is -3.57. The number of alkyl halides is 2. The average molecular weight is 605 g/mol. The molecule has 1 aromatic heterocycles. The molecule has 0 saturated heterocycles. The van der Waals surface area contributed by atoms with Gasteiger partial charge in [-0.25, -0.2) is 4.98 Å². The standard InChI is InChI=1S/C28H28Cl2F2N6O3/c1-37-22-14-34-27(36-24(22)38(20-5-3-4-6-20)15-28(31,32)26(37)40)35-21-8-7-17(11-23(21)41-2)25(39)33-13-16-9-18(29)12-19(30)10-16/h7-12,14,20H,3-6,13,15H2,1-2H3,(H,33,39)(H,34,35,36). The number of hydrogen-bond acceptors (Lipinski definition) is 7. The molecule has 216 valence electrons. The second-order valence-electron chi connectivity index (χ2n) is 10.0. The zero-order chi connectivity index (χ0) is 29.3. The molecule has 0 radical (unpaired) electrons. The van der Waals surface area contributed by atoms with Gasteiger partial charge in [-0.05, 0) is 54.8 Å². The molecule has 3 aromatic rings. The summed E-state index contributed by atoms with van der Waals surface area (Å²) in [6, 6.07) is 9.68. The molecule has 0 bridgehead atoms. The Labute approximate surface area is 245 Å². The summed E-state index contributed by atoms with van der Waals surface area (Å²) in [6.07, 6.45) is 4.68. The molecule has 1 saturated carbocycles. The van der Waals surface area contributed by atoms with Crippen LogP contribution in [0.1, 0.15) is 41.6 Å². The van der Waals surface area contributed by atoms with E-state index in [9.17, 15) is 18.4 Å². The number of benzene rings is 2. The van der Waals surface area contributed by atoms with E-state index in [0.29, 0.717) is 27.0 Å². The number of carbonyl (C=O) groups excluding carboxylic acids is 2. The highest BCUT2D eigenvalue weighted by atomic mass is 35.5. The Morgan fingerprint density at radius 3 is 2.54 bits per heavy atom. The summed E-state index contributed by atoms with van der Waals surface area (Å²) < 4.78 is 35.2. The van der Waals surface area contributed by atoms with Crippen LogP contribution in [0.15, 0.2) is 42.6 Å². The van der Waals surface area contributed by atoms with Gasteiger partial charge in [-0.3, -0.25) is 9.59 Å². The molecule has 2 aromatic carbocycles. The molecule has 2 heterocycles. The zero-order valence-electron chi connectivity index (χ0n) is 22.4. The lowest BCUT2D eigenvalue weighted by Gasteiger charge is -2.31. The first-order valence-electron chi connectivity index (χ1n) is 13.0. The Balaban J connectivity index is 1.38. The van der Waals surface area contributed by atoms with Gasteiger partial charge in [0.05, 0.1) is 25.5 Å². The van der Waals surface area contributed by atoms with Crippen molar-refractivity contribution in [2.24, 2.45) is 0 Å². The molecule has 0 unspecified atom stereocenters. The molecule has 1 fully saturated rings. The fraction of sp³-hybridized carbons (Fsp3) is 0.357. The molecule has 2 N–H and O–H groups in total. The monoisotopic (exact) mass is 604 g/mol. The van der Waals surface area contributed by atoms with Crippen LogP contribution in [0.4, 0.5) is 31.9 Å². The van der Waals surface area contributed by atoms with Gasteiger partial charge < -0.3 is 25.2 Å². The van der Waals surface area contributed by atoms with Gasteiger partial charge in [-0.2, -0.15) is 13.8 Å². The van der Waals surface area contributed by atoms with Crippen molar-refractivity contribution in [1.29, 1.82) is 0 Å². The topological polar surface area (TPSA) is 99.7 Å². The average Bonchev–Trinajstić information content (AvgIpc) is 3.46. The number of anilines is 4. The molecule has 41 heavy (non-hydrogen) atoms. The molecule has 1 aliphatic carbocycles. The van der Waals surface area contributed by atoms with Crippen molar-refractivity contribution in [3.05, 3.63) is 63.8 Å². The van der Waals surface area contributed by atoms with Crippen LogP contribution in [0.3, 0.4) is 0 Å². The van der Waals surface area contributed by atoms with Crippen LogP contribution >= 0.6 is 23.2 Å². The van der Waals surface area contributed by atoms with Crippen molar-refractivity contribution in [1.82, 2.24) is 15.3 Å². The highest BCUT2D eigenvalue weighted by Crippen LogP contribution is 2.40. The van der Waals surface area contributed by atoms with Gasteiger partial charge in [0.25, 0.3) is 11.8 Å². The van der Waals surface area contributed by atoms with Crippen molar-refractivity contribution in [2.45, 2.75) is 44.2 Å². The summed E-state index contributed by atoms with van der Waals surface area (Å²) in [5, 5.41) is 6.82.